The highest BCUT2D eigenvalue weighted by Crippen LogP contribution is 2.44. The van der Waals surface area contributed by atoms with Crippen LogP contribution in [0.3, 0.4) is 0 Å². The van der Waals surface area contributed by atoms with Crippen molar-refractivity contribution in [3.63, 3.8) is 0 Å². The van der Waals surface area contributed by atoms with E-state index in [1.54, 1.807) is 27.7 Å². The number of aliphatic hydroxyl groups excluding tert-OH is 1. The number of carbonyl (C=O) groups excluding carboxylic acids is 1. The number of carbonyl (C=O) groups is 1. The van der Waals surface area contributed by atoms with E-state index in [0.717, 1.165) is 0 Å². The Morgan fingerprint density at radius 2 is 1.56 bits per heavy atom. The van der Waals surface area contributed by atoms with Crippen LogP contribution >= 0.6 is 0 Å². The molecule has 0 amide bonds. The van der Waals surface area contributed by atoms with Crippen LogP contribution in [0.15, 0.2) is 0 Å². The van der Waals surface area contributed by atoms with E-state index in [9.17, 15) is 9.90 Å². The van der Waals surface area contributed by atoms with Crippen molar-refractivity contribution in [2.24, 2.45) is 0 Å². The van der Waals surface area contributed by atoms with Crippen molar-refractivity contribution in [2.75, 3.05) is 0 Å². The second-order valence-electron chi connectivity index (χ2n) is 7.94. The minimum absolute atomic E-state index is 0.0270. The summed E-state index contributed by atoms with van der Waals surface area (Å²) < 4.78 is 34.7. The topological polar surface area (TPSA) is 92.7 Å². The molecule has 0 aromatic rings. The fraction of sp³-hybridized carbons (Fsp3) is 0.941. The van der Waals surface area contributed by atoms with E-state index in [0.29, 0.717) is 0 Å². The van der Waals surface area contributed by atoms with E-state index in [2.05, 4.69) is 0 Å². The molecule has 0 bridgehead atoms. The van der Waals surface area contributed by atoms with Gasteiger partial charge in [0.15, 0.2) is 24.0 Å². The number of rotatable bonds is 4. The highest BCUT2D eigenvalue weighted by atomic mass is 16.9. The molecule has 3 rings (SSSR count). The van der Waals surface area contributed by atoms with Gasteiger partial charge in [-0.1, -0.05) is 0 Å². The number of esters is 1. The third kappa shape index (κ3) is 3.99. The van der Waals surface area contributed by atoms with Gasteiger partial charge < -0.3 is 33.5 Å². The zero-order valence-electron chi connectivity index (χ0n) is 15.6. The van der Waals surface area contributed by atoms with Crippen molar-refractivity contribution < 1.29 is 38.3 Å². The lowest BCUT2D eigenvalue weighted by Crippen LogP contribution is -2.56. The molecular formula is C17H28O8. The van der Waals surface area contributed by atoms with Crippen LogP contribution < -0.4 is 0 Å². The van der Waals surface area contributed by atoms with Gasteiger partial charge in [-0.05, 0) is 41.5 Å². The first-order valence-corrected chi connectivity index (χ1v) is 8.73. The minimum atomic E-state index is -1.31. The first kappa shape index (κ1) is 19.0. The quantitative estimate of drug-likeness (QED) is 0.745. The van der Waals surface area contributed by atoms with Crippen LogP contribution in [0.4, 0.5) is 0 Å². The van der Waals surface area contributed by atoms with Crippen molar-refractivity contribution in [2.45, 2.75) is 102 Å². The van der Waals surface area contributed by atoms with Gasteiger partial charge in [-0.15, -0.1) is 0 Å². The monoisotopic (exact) mass is 360 g/mol. The van der Waals surface area contributed by atoms with E-state index >= 15 is 0 Å². The molecule has 3 aliphatic heterocycles. The minimum Gasteiger partial charge on any atom is -0.461 e. The Morgan fingerprint density at radius 1 is 1.00 bits per heavy atom. The van der Waals surface area contributed by atoms with Crippen molar-refractivity contribution in [3.05, 3.63) is 0 Å². The molecule has 3 aliphatic rings. The summed E-state index contributed by atoms with van der Waals surface area (Å²) in [5, 5.41) is 10.2. The molecule has 8 nitrogen and oxygen atoms in total. The Kier molecular flexibility index (Phi) is 4.89. The first-order valence-electron chi connectivity index (χ1n) is 8.73. The summed E-state index contributed by atoms with van der Waals surface area (Å²) in [5.41, 5.74) is 0. The van der Waals surface area contributed by atoms with Crippen LogP contribution in [0.1, 0.15) is 48.0 Å². The van der Waals surface area contributed by atoms with Gasteiger partial charge in [0.25, 0.3) is 0 Å². The summed E-state index contributed by atoms with van der Waals surface area (Å²) in [6, 6.07) is 0. The highest BCUT2D eigenvalue weighted by molar-refractivity contribution is 5.74. The number of hydrogen-bond acceptors (Lipinski definition) is 8. The maximum Gasteiger partial charge on any atom is 0.335 e. The lowest BCUT2D eigenvalue weighted by Gasteiger charge is -2.37. The Balaban J connectivity index is 1.74. The van der Waals surface area contributed by atoms with Gasteiger partial charge in [0.2, 0.25) is 0 Å². The van der Waals surface area contributed by atoms with Gasteiger partial charge in [-0.3, -0.25) is 0 Å². The third-order valence-corrected chi connectivity index (χ3v) is 4.33. The number of aliphatic hydroxyl groups is 1. The predicted molar refractivity (Wildman–Crippen MR) is 84.4 cm³/mol. The van der Waals surface area contributed by atoms with Crippen LogP contribution in [0.5, 0.6) is 0 Å². The average Bonchev–Trinajstić information content (AvgIpc) is 2.92. The fourth-order valence-electron chi connectivity index (χ4n) is 3.51. The van der Waals surface area contributed by atoms with Crippen LogP contribution in [0, 0.1) is 0 Å². The number of ether oxygens (including phenoxy) is 6. The maximum absolute atomic E-state index is 11.9. The van der Waals surface area contributed by atoms with Gasteiger partial charge in [0, 0.05) is 6.42 Å². The Morgan fingerprint density at radius 3 is 2.20 bits per heavy atom. The molecule has 0 unspecified atom stereocenters. The van der Waals surface area contributed by atoms with Gasteiger partial charge in [-0.2, -0.15) is 0 Å². The predicted octanol–water partition coefficient (Wildman–Crippen LogP) is 1.09. The average molecular weight is 360 g/mol. The van der Waals surface area contributed by atoms with Gasteiger partial charge in [0.05, 0.1) is 12.2 Å². The molecule has 25 heavy (non-hydrogen) atoms. The molecule has 3 saturated heterocycles. The van der Waals surface area contributed by atoms with E-state index < -0.39 is 54.4 Å². The molecule has 0 radical (unpaired) electrons. The standard InChI is InChI=1S/C17H28O8/c1-8(2)20-14(19)9(18)7-10-11-12(23-16(3,4)22-11)13-15(21-10)25-17(5,6)24-13/h8-13,15,18H,7H2,1-6H3/t9-,10+,11-,12-,13+,15+/m0/s1. The van der Waals surface area contributed by atoms with Crippen molar-refractivity contribution in [1.82, 2.24) is 0 Å². The zero-order valence-corrected chi connectivity index (χ0v) is 15.6. The largest absolute Gasteiger partial charge is 0.461 e. The van der Waals surface area contributed by atoms with Crippen LogP contribution in [-0.2, 0) is 33.2 Å². The highest BCUT2D eigenvalue weighted by Gasteiger charge is 2.60. The van der Waals surface area contributed by atoms with Gasteiger partial charge in [-0.25, -0.2) is 4.79 Å². The lowest BCUT2D eigenvalue weighted by atomic mass is 9.95. The Hall–Kier alpha value is -0.770. The molecule has 3 fully saturated rings. The van der Waals surface area contributed by atoms with Crippen LogP contribution in [0.2, 0.25) is 0 Å². The first-order chi connectivity index (χ1) is 11.5. The second kappa shape index (κ2) is 6.44. The lowest BCUT2D eigenvalue weighted by molar-refractivity contribution is -0.239. The Bertz CT molecular complexity index is 517. The summed E-state index contributed by atoms with van der Waals surface area (Å²) in [7, 11) is 0. The summed E-state index contributed by atoms with van der Waals surface area (Å²) >= 11 is 0. The smallest absolute Gasteiger partial charge is 0.335 e. The molecule has 3 heterocycles. The summed E-state index contributed by atoms with van der Waals surface area (Å²) in [6.07, 6.45) is -4.13. The molecular weight excluding hydrogens is 332 g/mol. The summed E-state index contributed by atoms with van der Waals surface area (Å²) in [5.74, 6) is -2.30. The van der Waals surface area contributed by atoms with Crippen molar-refractivity contribution in [3.8, 4) is 0 Å². The molecule has 0 spiro atoms. The van der Waals surface area contributed by atoms with Crippen LogP contribution in [-0.4, -0.2) is 65.6 Å². The molecule has 0 aromatic carbocycles. The number of fused-ring (bicyclic) bond motifs is 3. The Labute approximate surface area is 147 Å². The third-order valence-electron chi connectivity index (χ3n) is 4.33. The number of hydrogen-bond donors (Lipinski definition) is 1. The summed E-state index contributed by atoms with van der Waals surface area (Å²) in [6.45, 7) is 10.7. The second-order valence-corrected chi connectivity index (χ2v) is 7.94. The molecule has 8 heteroatoms. The van der Waals surface area contributed by atoms with E-state index in [1.807, 2.05) is 13.8 Å². The zero-order chi connectivity index (χ0) is 18.6. The molecule has 1 N–H and O–H groups in total. The van der Waals surface area contributed by atoms with E-state index in [1.165, 1.54) is 0 Å². The molecule has 0 aromatic heterocycles. The normalized spacial score (nSPS) is 39.8. The van der Waals surface area contributed by atoms with Crippen LogP contribution in [0.25, 0.3) is 0 Å². The van der Waals surface area contributed by atoms with Crippen molar-refractivity contribution >= 4 is 5.97 Å². The van der Waals surface area contributed by atoms with Gasteiger partial charge in [0.1, 0.15) is 18.3 Å². The fourth-order valence-corrected chi connectivity index (χ4v) is 3.51. The van der Waals surface area contributed by atoms with Crippen molar-refractivity contribution in [1.29, 1.82) is 0 Å². The summed E-state index contributed by atoms with van der Waals surface area (Å²) in [4.78, 5) is 11.9. The van der Waals surface area contributed by atoms with E-state index in [-0.39, 0.29) is 12.5 Å². The SMILES string of the molecule is CC(C)OC(=O)[C@@H](O)C[C@H]1O[C@@H]2OC(C)(C)O[C@@H]2[C@H]2OC(C)(C)O[C@H]21. The van der Waals surface area contributed by atoms with Gasteiger partial charge >= 0.3 is 5.97 Å². The molecule has 0 aliphatic carbocycles. The van der Waals surface area contributed by atoms with E-state index in [4.69, 9.17) is 28.4 Å². The molecule has 0 saturated carbocycles. The molecule has 144 valence electrons. The maximum atomic E-state index is 11.9. The molecule has 6 atom stereocenters.